The number of alkyl carbamates (subject to hydrolysis) is 1. The lowest BCUT2D eigenvalue weighted by molar-refractivity contribution is 0.0528. The molecule has 1 aromatic rings. The summed E-state index contributed by atoms with van der Waals surface area (Å²) in [5.74, 6) is 0. The third-order valence-corrected chi connectivity index (χ3v) is 2.93. The lowest BCUT2D eigenvalue weighted by atomic mass is 10.2. The molecule has 0 fully saturated rings. The van der Waals surface area contributed by atoms with Crippen molar-refractivity contribution in [3.8, 4) is 6.07 Å². The highest BCUT2D eigenvalue weighted by Crippen LogP contribution is 2.20. The lowest BCUT2D eigenvalue weighted by Crippen LogP contribution is -2.33. The topological polar surface area (TPSA) is 74.2 Å². The molecule has 21 heavy (non-hydrogen) atoms. The first-order valence-electron chi connectivity index (χ1n) is 6.72. The predicted octanol–water partition coefficient (Wildman–Crippen LogP) is 3.65. The van der Waals surface area contributed by atoms with E-state index in [1.807, 2.05) is 32.9 Å². The Morgan fingerprint density at radius 1 is 1.38 bits per heavy atom. The van der Waals surface area contributed by atoms with Crippen LogP contribution in [0.5, 0.6) is 0 Å². The summed E-state index contributed by atoms with van der Waals surface area (Å²) in [6.45, 7) is 6.65. The van der Waals surface area contributed by atoms with Gasteiger partial charge < -0.3 is 15.4 Å². The highest BCUT2D eigenvalue weighted by molar-refractivity contribution is 9.10. The largest absolute Gasteiger partial charge is 0.444 e. The van der Waals surface area contributed by atoms with Crippen LogP contribution in [-0.2, 0) is 4.74 Å². The highest BCUT2D eigenvalue weighted by Gasteiger charge is 2.15. The molecule has 0 aliphatic rings. The van der Waals surface area contributed by atoms with Crippen molar-refractivity contribution < 1.29 is 9.53 Å². The summed E-state index contributed by atoms with van der Waals surface area (Å²) in [6, 6.07) is 7.63. The summed E-state index contributed by atoms with van der Waals surface area (Å²) in [5, 5.41) is 14.9. The molecular formula is C15H20BrN3O2. The average molecular weight is 354 g/mol. The van der Waals surface area contributed by atoms with Gasteiger partial charge in [-0.25, -0.2) is 4.79 Å². The number of rotatable bonds is 5. The number of ether oxygens (including phenoxy) is 1. The number of hydrogen-bond donors (Lipinski definition) is 2. The summed E-state index contributed by atoms with van der Waals surface area (Å²) in [5.41, 5.74) is 0.893. The molecule has 1 amide bonds. The minimum absolute atomic E-state index is 0.413. The number of carbonyl (C=O) groups excluding carboxylic acids is 1. The smallest absolute Gasteiger partial charge is 0.407 e. The second-order valence-electron chi connectivity index (χ2n) is 5.51. The summed E-state index contributed by atoms with van der Waals surface area (Å²) in [6.07, 6.45) is 0.323. The van der Waals surface area contributed by atoms with Crippen molar-refractivity contribution in [2.24, 2.45) is 0 Å². The van der Waals surface area contributed by atoms with Gasteiger partial charge in [0.1, 0.15) is 11.7 Å². The number of nitrogens with zero attached hydrogens (tertiary/aromatic N) is 1. The molecule has 0 spiro atoms. The fourth-order valence-corrected chi connectivity index (χ4v) is 1.94. The Morgan fingerprint density at radius 3 is 2.71 bits per heavy atom. The van der Waals surface area contributed by atoms with Crippen LogP contribution >= 0.6 is 15.9 Å². The van der Waals surface area contributed by atoms with Crippen molar-refractivity contribution in [2.75, 3.05) is 18.4 Å². The van der Waals surface area contributed by atoms with Gasteiger partial charge in [-0.2, -0.15) is 5.26 Å². The van der Waals surface area contributed by atoms with Gasteiger partial charge in [-0.1, -0.05) is 15.9 Å². The van der Waals surface area contributed by atoms with E-state index in [-0.39, 0.29) is 0 Å². The first kappa shape index (κ1) is 17.3. The van der Waals surface area contributed by atoms with E-state index < -0.39 is 11.7 Å². The number of carbonyl (C=O) groups is 1. The first-order chi connectivity index (χ1) is 9.81. The highest BCUT2D eigenvalue weighted by atomic mass is 79.9. The van der Waals surface area contributed by atoms with Gasteiger partial charge in [-0.05, 0) is 45.4 Å². The van der Waals surface area contributed by atoms with Crippen LogP contribution in [0.2, 0.25) is 0 Å². The van der Waals surface area contributed by atoms with Gasteiger partial charge in [-0.3, -0.25) is 0 Å². The van der Waals surface area contributed by atoms with Crippen LogP contribution in [0.4, 0.5) is 10.5 Å². The third-order valence-electron chi connectivity index (χ3n) is 2.44. The lowest BCUT2D eigenvalue weighted by Gasteiger charge is -2.19. The Hall–Kier alpha value is -1.74. The summed E-state index contributed by atoms with van der Waals surface area (Å²) in [4.78, 5) is 11.4. The Labute approximate surface area is 133 Å². The molecule has 6 heteroatoms. The van der Waals surface area contributed by atoms with Crippen molar-refractivity contribution >= 4 is 27.7 Å². The molecule has 0 bridgehead atoms. The molecule has 0 aliphatic heterocycles. The molecule has 0 radical (unpaired) electrons. The standard InChI is InChI=1S/C15H20BrN3O2/c1-15(2,3)21-14(20)19-8-4-7-18-13-6-5-12(16)9-11(13)10-17/h5-6,9,18H,4,7-8H2,1-3H3,(H,19,20). The maximum atomic E-state index is 11.4. The van der Waals surface area contributed by atoms with Crippen LogP contribution in [0.25, 0.3) is 0 Å². The Morgan fingerprint density at radius 2 is 2.10 bits per heavy atom. The van der Waals surface area contributed by atoms with Gasteiger partial charge in [0.2, 0.25) is 0 Å². The van der Waals surface area contributed by atoms with E-state index in [1.165, 1.54) is 0 Å². The third kappa shape index (κ3) is 7.00. The van der Waals surface area contributed by atoms with Crippen molar-refractivity contribution in [1.82, 2.24) is 5.32 Å². The molecule has 0 saturated heterocycles. The summed E-state index contributed by atoms with van der Waals surface area (Å²) in [7, 11) is 0. The van der Waals surface area contributed by atoms with Gasteiger partial charge in [0.25, 0.3) is 0 Å². The van der Waals surface area contributed by atoms with E-state index in [2.05, 4.69) is 32.6 Å². The minimum Gasteiger partial charge on any atom is -0.444 e. The van der Waals surface area contributed by atoms with Crippen LogP contribution in [-0.4, -0.2) is 24.8 Å². The molecular weight excluding hydrogens is 334 g/mol. The monoisotopic (exact) mass is 353 g/mol. The first-order valence-corrected chi connectivity index (χ1v) is 7.51. The van der Waals surface area contributed by atoms with Gasteiger partial charge in [0.15, 0.2) is 0 Å². The number of benzene rings is 1. The quantitative estimate of drug-likeness (QED) is 0.792. The van der Waals surface area contributed by atoms with Crippen molar-refractivity contribution in [3.05, 3.63) is 28.2 Å². The number of nitriles is 1. The molecule has 5 nitrogen and oxygen atoms in total. The maximum absolute atomic E-state index is 11.4. The SMILES string of the molecule is CC(C)(C)OC(=O)NCCCNc1ccc(Br)cc1C#N. The number of halogens is 1. The molecule has 0 heterocycles. The number of nitrogens with one attached hydrogen (secondary N) is 2. The number of anilines is 1. The van der Waals surface area contributed by atoms with Crippen molar-refractivity contribution in [1.29, 1.82) is 5.26 Å². The number of amides is 1. The molecule has 0 aliphatic carbocycles. The molecule has 1 rings (SSSR count). The molecule has 1 aromatic carbocycles. The fraction of sp³-hybridized carbons (Fsp3) is 0.467. The van der Waals surface area contributed by atoms with E-state index in [1.54, 1.807) is 6.07 Å². The van der Waals surface area contributed by atoms with Crippen molar-refractivity contribution in [2.45, 2.75) is 32.8 Å². The second-order valence-corrected chi connectivity index (χ2v) is 6.43. The van der Waals surface area contributed by atoms with Gasteiger partial charge in [0.05, 0.1) is 11.3 Å². The number of hydrogen-bond acceptors (Lipinski definition) is 4. The van der Waals surface area contributed by atoms with Crippen LogP contribution in [0.1, 0.15) is 32.8 Å². The molecule has 0 atom stereocenters. The normalized spacial score (nSPS) is 10.6. The fourth-order valence-electron chi connectivity index (χ4n) is 1.58. The molecule has 2 N–H and O–H groups in total. The maximum Gasteiger partial charge on any atom is 0.407 e. The van der Waals surface area contributed by atoms with Gasteiger partial charge in [-0.15, -0.1) is 0 Å². The van der Waals surface area contributed by atoms with Crippen LogP contribution < -0.4 is 10.6 Å². The van der Waals surface area contributed by atoms with Crippen LogP contribution in [0.15, 0.2) is 22.7 Å². The van der Waals surface area contributed by atoms with Crippen molar-refractivity contribution in [3.63, 3.8) is 0 Å². The van der Waals surface area contributed by atoms with Crippen LogP contribution in [0.3, 0.4) is 0 Å². The average Bonchev–Trinajstić information content (AvgIpc) is 2.37. The van der Waals surface area contributed by atoms with Crippen LogP contribution in [0, 0.1) is 11.3 Å². The minimum atomic E-state index is -0.485. The van der Waals surface area contributed by atoms with E-state index in [0.717, 1.165) is 16.6 Å². The van der Waals surface area contributed by atoms with Gasteiger partial charge in [0, 0.05) is 17.6 Å². The van der Waals surface area contributed by atoms with E-state index in [0.29, 0.717) is 18.7 Å². The van der Waals surface area contributed by atoms with E-state index in [9.17, 15) is 4.79 Å². The zero-order valence-corrected chi connectivity index (χ0v) is 14.1. The summed E-state index contributed by atoms with van der Waals surface area (Å²) >= 11 is 3.33. The van der Waals surface area contributed by atoms with E-state index in [4.69, 9.17) is 10.00 Å². The second kappa shape index (κ2) is 7.89. The molecule has 0 aromatic heterocycles. The molecule has 0 unspecified atom stereocenters. The molecule has 0 saturated carbocycles. The zero-order valence-electron chi connectivity index (χ0n) is 12.5. The zero-order chi connectivity index (χ0) is 15.9. The summed E-state index contributed by atoms with van der Waals surface area (Å²) < 4.78 is 6.00. The van der Waals surface area contributed by atoms with Gasteiger partial charge >= 0.3 is 6.09 Å². The Balaban J connectivity index is 2.29. The molecule has 114 valence electrons. The Bertz CT molecular complexity index is 533. The predicted molar refractivity (Wildman–Crippen MR) is 86.2 cm³/mol. The van der Waals surface area contributed by atoms with E-state index >= 15 is 0 Å². The Kier molecular flexibility index (Phi) is 6.50.